The number of unbranched alkanes of at least 4 members (excludes halogenated alkanes) is 4. The summed E-state index contributed by atoms with van der Waals surface area (Å²) in [5.41, 5.74) is 5.52. The highest BCUT2D eigenvalue weighted by atomic mass is 31.2. The zero-order valence-electron chi connectivity index (χ0n) is 10.7. The summed E-state index contributed by atoms with van der Waals surface area (Å²) in [5, 5.41) is 9.57. The molecule has 0 rings (SSSR count). The summed E-state index contributed by atoms with van der Waals surface area (Å²) in [5.74, 6) is 0. The van der Waals surface area contributed by atoms with Gasteiger partial charge in [-0.25, -0.2) is 4.57 Å². The minimum absolute atomic E-state index is 0.383. The average molecular weight is 281 g/mol. The van der Waals surface area contributed by atoms with Crippen molar-refractivity contribution in [1.82, 2.24) is 0 Å². The molecule has 0 fully saturated rings. The first kappa shape index (κ1) is 17.8. The molecule has 0 radical (unpaired) electrons. The summed E-state index contributed by atoms with van der Waals surface area (Å²) >= 11 is 0. The fraction of sp³-hybridized carbons (Fsp3) is 0.818. The predicted molar refractivity (Wildman–Crippen MR) is 69.9 cm³/mol. The number of hydrogen-bond acceptors (Lipinski definition) is 4. The molecule has 0 aliphatic heterocycles. The van der Waals surface area contributed by atoms with Crippen molar-refractivity contribution in [1.29, 1.82) is 0 Å². The molecule has 5 N–H and O–H groups in total. The Morgan fingerprint density at radius 3 is 2.56 bits per heavy atom. The lowest BCUT2D eigenvalue weighted by molar-refractivity contribution is 0.129. The molecule has 0 aromatic heterocycles. The second kappa shape index (κ2) is 9.67. The Labute approximate surface area is 108 Å². The van der Waals surface area contributed by atoms with E-state index in [0.717, 1.165) is 19.3 Å². The van der Waals surface area contributed by atoms with Crippen molar-refractivity contribution in [3.63, 3.8) is 0 Å². The van der Waals surface area contributed by atoms with Crippen LogP contribution in [0, 0.1) is 0 Å². The predicted octanol–water partition coefficient (Wildman–Crippen LogP) is 1.31. The van der Waals surface area contributed by atoms with Gasteiger partial charge in [0.25, 0.3) is 0 Å². The molecule has 0 heterocycles. The van der Waals surface area contributed by atoms with E-state index in [9.17, 15) is 9.67 Å². The van der Waals surface area contributed by atoms with E-state index in [2.05, 4.69) is 11.4 Å². The quantitative estimate of drug-likeness (QED) is 0.273. The first-order valence-electron chi connectivity index (χ1n) is 6.17. The molecular weight excluding hydrogens is 257 g/mol. The average Bonchev–Trinajstić information content (AvgIpc) is 2.29. The summed E-state index contributed by atoms with van der Waals surface area (Å²) in [7, 11) is -4.52. The molecule has 0 aliphatic carbocycles. The molecule has 0 aromatic carbocycles. The van der Waals surface area contributed by atoms with Gasteiger partial charge in [0, 0.05) is 0 Å². The van der Waals surface area contributed by atoms with Gasteiger partial charge < -0.3 is 20.6 Å². The van der Waals surface area contributed by atoms with Gasteiger partial charge in [0.1, 0.15) is 0 Å². The van der Waals surface area contributed by atoms with Crippen LogP contribution in [0.2, 0.25) is 0 Å². The molecule has 0 aromatic rings. The minimum Gasteiger partial charge on any atom is -0.387 e. The first-order valence-corrected chi connectivity index (χ1v) is 7.70. The lowest BCUT2D eigenvalue weighted by Crippen LogP contribution is -2.37. The molecule has 6 nitrogen and oxygen atoms in total. The monoisotopic (exact) mass is 281 g/mol. The number of phosphoric acid groups is 1. The first-order chi connectivity index (χ1) is 8.37. The highest BCUT2D eigenvalue weighted by molar-refractivity contribution is 7.46. The Hall–Kier alpha value is -0.230. The molecule has 0 spiro atoms. The third-order valence-electron chi connectivity index (χ3n) is 2.43. The van der Waals surface area contributed by atoms with Crippen LogP contribution in [0.3, 0.4) is 0 Å². The molecule has 0 unspecified atom stereocenters. The van der Waals surface area contributed by atoms with Crippen molar-refractivity contribution in [2.24, 2.45) is 5.73 Å². The maximum atomic E-state index is 10.4. The summed E-state index contributed by atoms with van der Waals surface area (Å²) in [4.78, 5) is 17.0. The van der Waals surface area contributed by atoms with Crippen LogP contribution in [0.1, 0.15) is 39.0 Å². The van der Waals surface area contributed by atoms with Crippen LogP contribution in [-0.4, -0.2) is 33.6 Å². The molecule has 0 amide bonds. The Balaban J connectivity index is 3.75. The summed E-state index contributed by atoms with van der Waals surface area (Å²) in [6.07, 6.45) is 7.88. The zero-order chi connectivity index (χ0) is 14.0. The molecular formula is C11H24NO5P. The van der Waals surface area contributed by atoms with Crippen molar-refractivity contribution < 1.29 is 24.0 Å². The summed E-state index contributed by atoms with van der Waals surface area (Å²) in [6.45, 7) is 1.76. The number of phosphoric ester groups is 1. The minimum atomic E-state index is -4.52. The van der Waals surface area contributed by atoms with Gasteiger partial charge in [0.15, 0.2) is 0 Å². The number of rotatable bonds is 10. The molecule has 2 atom stereocenters. The van der Waals surface area contributed by atoms with Gasteiger partial charge in [-0.1, -0.05) is 38.3 Å². The van der Waals surface area contributed by atoms with Crippen molar-refractivity contribution in [3.8, 4) is 0 Å². The molecule has 7 heteroatoms. The zero-order valence-corrected chi connectivity index (χ0v) is 11.6. The summed E-state index contributed by atoms with van der Waals surface area (Å²) < 4.78 is 14.7. The molecule has 0 saturated heterocycles. The van der Waals surface area contributed by atoms with Gasteiger partial charge in [-0.05, 0) is 12.8 Å². The van der Waals surface area contributed by atoms with E-state index in [0.29, 0.717) is 0 Å². The smallest absolute Gasteiger partial charge is 0.387 e. The lowest BCUT2D eigenvalue weighted by Gasteiger charge is -2.15. The number of aliphatic hydroxyl groups excluding tert-OH is 1. The Morgan fingerprint density at radius 1 is 1.33 bits per heavy atom. The van der Waals surface area contributed by atoms with Gasteiger partial charge in [-0.15, -0.1) is 0 Å². The van der Waals surface area contributed by atoms with Crippen LogP contribution in [-0.2, 0) is 9.09 Å². The standard InChI is InChI=1S/C11H24NO5P/c1-2-3-4-5-6-7-8-11(13)10(12)9-17-18(14,15)16/h7-8,10-11,13H,2-6,9,12H2,1H3,(H2,14,15,16)/b8-7+/t10-,11+/m0/s1. The van der Waals surface area contributed by atoms with E-state index in [-0.39, 0.29) is 6.61 Å². The highest BCUT2D eigenvalue weighted by Gasteiger charge is 2.19. The van der Waals surface area contributed by atoms with Crippen LogP contribution in [0.15, 0.2) is 12.2 Å². The Kier molecular flexibility index (Phi) is 9.54. The van der Waals surface area contributed by atoms with Crippen molar-refractivity contribution in [2.75, 3.05) is 6.61 Å². The van der Waals surface area contributed by atoms with E-state index in [4.69, 9.17) is 15.5 Å². The third kappa shape index (κ3) is 10.9. The molecule has 0 bridgehead atoms. The van der Waals surface area contributed by atoms with E-state index < -0.39 is 20.0 Å². The molecule has 18 heavy (non-hydrogen) atoms. The third-order valence-corrected chi connectivity index (χ3v) is 2.92. The fourth-order valence-corrected chi connectivity index (χ4v) is 1.72. The highest BCUT2D eigenvalue weighted by Crippen LogP contribution is 2.35. The lowest BCUT2D eigenvalue weighted by atomic mass is 10.1. The second-order valence-corrected chi connectivity index (χ2v) is 5.46. The number of hydrogen-bond donors (Lipinski definition) is 4. The largest absolute Gasteiger partial charge is 0.469 e. The molecule has 108 valence electrons. The normalized spacial score (nSPS) is 16.1. The van der Waals surface area contributed by atoms with E-state index in [1.807, 2.05) is 6.08 Å². The SMILES string of the molecule is CCCCCC/C=C/[C@@H](O)[C@@H](N)COP(=O)(O)O. The van der Waals surface area contributed by atoms with Gasteiger partial charge in [0.05, 0.1) is 18.8 Å². The van der Waals surface area contributed by atoms with E-state index in [1.165, 1.54) is 12.8 Å². The number of aliphatic hydroxyl groups is 1. The van der Waals surface area contributed by atoms with Crippen LogP contribution in [0.25, 0.3) is 0 Å². The maximum absolute atomic E-state index is 10.4. The van der Waals surface area contributed by atoms with E-state index >= 15 is 0 Å². The van der Waals surface area contributed by atoms with Crippen LogP contribution < -0.4 is 5.73 Å². The van der Waals surface area contributed by atoms with Gasteiger partial charge in [-0.2, -0.15) is 0 Å². The van der Waals surface area contributed by atoms with Crippen LogP contribution in [0.5, 0.6) is 0 Å². The number of allylic oxidation sites excluding steroid dienone is 1. The van der Waals surface area contributed by atoms with Crippen molar-refractivity contribution >= 4 is 7.82 Å². The Morgan fingerprint density at radius 2 is 2.00 bits per heavy atom. The fourth-order valence-electron chi connectivity index (χ4n) is 1.35. The van der Waals surface area contributed by atoms with Crippen molar-refractivity contribution in [2.45, 2.75) is 51.2 Å². The molecule has 0 aliphatic rings. The van der Waals surface area contributed by atoms with Gasteiger partial charge >= 0.3 is 7.82 Å². The van der Waals surface area contributed by atoms with Crippen LogP contribution >= 0.6 is 7.82 Å². The topological polar surface area (TPSA) is 113 Å². The van der Waals surface area contributed by atoms with Gasteiger partial charge in [0.2, 0.25) is 0 Å². The maximum Gasteiger partial charge on any atom is 0.469 e. The molecule has 0 saturated carbocycles. The van der Waals surface area contributed by atoms with Gasteiger partial charge in [-0.3, -0.25) is 4.52 Å². The van der Waals surface area contributed by atoms with Crippen molar-refractivity contribution in [3.05, 3.63) is 12.2 Å². The number of nitrogens with two attached hydrogens (primary N) is 1. The summed E-state index contributed by atoms with van der Waals surface area (Å²) in [6, 6.07) is -0.843. The Bertz CT molecular complexity index is 279. The van der Waals surface area contributed by atoms with E-state index in [1.54, 1.807) is 6.08 Å². The van der Waals surface area contributed by atoms with Crippen LogP contribution in [0.4, 0.5) is 0 Å². The second-order valence-electron chi connectivity index (χ2n) is 4.22.